The highest BCUT2D eigenvalue weighted by molar-refractivity contribution is 5.79. The third-order valence-corrected chi connectivity index (χ3v) is 2.97. The van der Waals surface area contributed by atoms with Crippen molar-refractivity contribution < 1.29 is 13.9 Å². The third-order valence-electron chi connectivity index (χ3n) is 2.97. The SMILES string of the molecule is COC(=O)C(Cc1ccccc1)Nc1ccccc1F. The lowest BCUT2D eigenvalue weighted by atomic mass is 10.1. The first-order valence-corrected chi connectivity index (χ1v) is 6.33. The van der Waals surface area contributed by atoms with Gasteiger partial charge >= 0.3 is 5.97 Å². The minimum absolute atomic E-state index is 0.291. The van der Waals surface area contributed by atoms with E-state index >= 15 is 0 Å². The molecule has 104 valence electrons. The fourth-order valence-corrected chi connectivity index (χ4v) is 1.95. The standard InChI is InChI=1S/C16H16FNO2/c1-20-16(19)15(11-12-7-3-2-4-8-12)18-14-10-6-5-9-13(14)17/h2-10,15,18H,11H2,1H3. The summed E-state index contributed by atoms with van der Waals surface area (Å²) >= 11 is 0. The van der Waals surface area contributed by atoms with E-state index in [4.69, 9.17) is 4.74 Å². The van der Waals surface area contributed by atoms with Gasteiger partial charge in [0.15, 0.2) is 0 Å². The summed E-state index contributed by atoms with van der Waals surface area (Å²) in [4.78, 5) is 11.8. The molecule has 2 rings (SSSR count). The molecule has 2 aromatic carbocycles. The summed E-state index contributed by atoms with van der Waals surface area (Å²) in [7, 11) is 1.32. The third kappa shape index (κ3) is 3.57. The molecule has 0 aliphatic rings. The Labute approximate surface area is 117 Å². The Kier molecular flexibility index (Phi) is 4.71. The Morgan fingerprint density at radius 3 is 2.45 bits per heavy atom. The fourth-order valence-electron chi connectivity index (χ4n) is 1.95. The van der Waals surface area contributed by atoms with Crippen molar-refractivity contribution >= 4 is 11.7 Å². The van der Waals surface area contributed by atoms with Gasteiger partial charge in [-0.05, 0) is 17.7 Å². The van der Waals surface area contributed by atoms with E-state index in [9.17, 15) is 9.18 Å². The molecule has 0 saturated heterocycles. The highest BCUT2D eigenvalue weighted by Gasteiger charge is 2.20. The average molecular weight is 273 g/mol. The van der Waals surface area contributed by atoms with Gasteiger partial charge in [0.2, 0.25) is 0 Å². The van der Waals surface area contributed by atoms with E-state index in [-0.39, 0.29) is 0 Å². The lowest BCUT2D eigenvalue weighted by molar-refractivity contribution is -0.141. The van der Waals surface area contributed by atoms with E-state index < -0.39 is 17.8 Å². The number of esters is 1. The van der Waals surface area contributed by atoms with Crippen LogP contribution < -0.4 is 5.32 Å². The number of nitrogens with one attached hydrogen (secondary N) is 1. The van der Waals surface area contributed by atoms with E-state index in [0.29, 0.717) is 12.1 Å². The second-order valence-electron chi connectivity index (χ2n) is 4.39. The van der Waals surface area contributed by atoms with Gasteiger partial charge in [0.05, 0.1) is 12.8 Å². The molecule has 0 aliphatic heterocycles. The highest BCUT2D eigenvalue weighted by atomic mass is 19.1. The number of rotatable bonds is 5. The summed E-state index contributed by atoms with van der Waals surface area (Å²) in [5, 5.41) is 2.90. The van der Waals surface area contributed by atoms with Crippen molar-refractivity contribution in [3.63, 3.8) is 0 Å². The zero-order chi connectivity index (χ0) is 14.4. The van der Waals surface area contributed by atoms with Crippen LogP contribution in [-0.4, -0.2) is 19.1 Å². The van der Waals surface area contributed by atoms with Crippen LogP contribution in [0.1, 0.15) is 5.56 Å². The van der Waals surface area contributed by atoms with Gasteiger partial charge in [-0.2, -0.15) is 0 Å². The number of para-hydroxylation sites is 1. The van der Waals surface area contributed by atoms with E-state index in [2.05, 4.69) is 5.32 Å². The molecule has 4 heteroatoms. The molecule has 3 nitrogen and oxygen atoms in total. The molecule has 20 heavy (non-hydrogen) atoms. The summed E-state index contributed by atoms with van der Waals surface area (Å²) < 4.78 is 18.4. The number of ether oxygens (including phenoxy) is 1. The van der Waals surface area contributed by atoms with E-state index in [0.717, 1.165) is 5.56 Å². The van der Waals surface area contributed by atoms with Crippen LogP contribution in [0.15, 0.2) is 54.6 Å². The molecule has 1 N–H and O–H groups in total. The van der Waals surface area contributed by atoms with Crippen molar-refractivity contribution in [2.45, 2.75) is 12.5 Å². The average Bonchev–Trinajstić information content (AvgIpc) is 2.49. The molecular formula is C16H16FNO2. The van der Waals surface area contributed by atoms with Crippen LogP contribution in [0.3, 0.4) is 0 Å². The van der Waals surface area contributed by atoms with Crippen LogP contribution in [0.5, 0.6) is 0 Å². The highest BCUT2D eigenvalue weighted by Crippen LogP contribution is 2.16. The van der Waals surface area contributed by atoms with E-state index in [1.807, 2.05) is 30.3 Å². The second kappa shape index (κ2) is 6.70. The number of benzene rings is 2. The van der Waals surface area contributed by atoms with Crippen LogP contribution >= 0.6 is 0 Å². The maximum Gasteiger partial charge on any atom is 0.328 e. The lowest BCUT2D eigenvalue weighted by Crippen LogP contribution is -2.33. The summed E-state index contributed by atoms with van der Waals surface area (Å²) in [6.07, 6.45) is 0.432. The number of carbonyl (C=O) groups is 1. The molecule has 0 saturated carbocycles. The molecule has 2 aromatic rings. The number of hydrogen-bond acceptors (Lipinski definition) is 3. The smallest absolute Gasteiger partial charge is 0.328 e. The van der Waals surface area contributed by atoms with Crippen LogP contribution in [0.4, 0.5) is 10.1 Å². The van der Waals surface area contributed by atoms with Crippen molar-refractivity contribution in [2.75, 3.05) is 12.4 Å². The minimum atomic E-state index is -0.626. The van der Waals surface area contributed by atoms with Gasteiger partial charge in [-0.25, -0.2) is 9.18 Å². The van der Waals surface area contributed by atoms with E-state index in [1.54, 1.807) is 18.2 Å². The van der Waals surface area contributed by atoms with Gasteiger partial charge in [0.1, 0.15) is 11.9 Å². The lowest BCUT2D eigenvalue weighted by Gasteiger charge is -2.18. The first-order valence-electron chi connectivity index (χ1n) is 6.33. The van der Waals surface area contributed by atoms with Gasteiger partial charge < -0.3 is 10.1 Å². The Hall–Kier alpha value is -2.36. The van der Waals surface area contributed by atoms with E-state index in [1.165, 1.54) is 13.2 Å². The van der Waals surface area contributed by atoms with Crippen LogP contribution in [-0.2, 0) is 16.0 Å². The van der Waals surface area contributed by atoms with Crippen LogP contribution in [0, 0.1) is 5.82 Å². The van der Waals surface area contributed by atoms with Crippen LogP contribution in [0.2, 0.25) is 0 Å². The molecule has 0 aliphatic carbocycles. The van der Waals surface area contributed by atoms with Gasteiger partial charge in [-0.15, -0.1) is 0 Å². The number of halogens is 1. The second-order valence-corrected chi connectivity index (χ2v) is 4.39. The minimum Gasteiger partial charge on any atom is -0.467 e. The molecule has 0 fully saturated rings. The molecule has 1 unspecified atom stereocenters. The normalized spacial score (nSPS) is 11.7. The Morgan fingerprint density at radius 1 is 1.15 bits per heavy atom. The number of methoxy groups -OCH3 is 1. The molecule has 0 aromatic heterocycles. The van der Waals surface area contributed by atoms with Crippen molar-refractivity contribution in [1.82, 2.24) is 0 Å². The van der Waals surface area contributed by atoms with Crippen molar-refractivity contribution in [1.29, 1.82) is 0 Å². The maximum absolute atomic E-state index is 13.6. The summed E-state index contributed by atoms with van der Waals surface area (Å²) in [5.41, 5.74) is 1.27. The molecule has 0 radical (unpaired) electrons. The Bertz CT molecular complexity index is 572. The monoisotopic (exact) mass is 273 g/mol. The van der Waals surface area contributed by atoms with Crippen molar-refractivity contribution in [2.24, 2.45) is 0 Å². The van der Waals surface area contributed by atoms with Gasteiger partial charge in [-0.1, -0.05) is 42.5 Å². The Balaban J connectivity index is 2.16. The molecule has 0 spiro atoms. The molecular weight excluding hydrogens is 257 g/mol. The zero-order valence-corrected chi connectivity index (χ0v) is 11.2. The van der Waals surface area contributed by atoms with Crippen LogP contribution in [0.25, 0.3) is 0 Å². The summed E-state index contributed by atoms with van der Waals surface area (Å²) in [6.45, 7) is 0. The first kappa shape index (κ1) is 14.1. The topological polar surface area (TPSA) is 38.3 Å². The predicted octanol–water partition coefficient (Wildman–Crippen LogP) is 3.02. The van der Waals surface area contributed by atoms with Gasteiger partial charge in [-0.3, -0.25) is 0 Å². The molecule has 0 amide bonds. The summed E-state index contributed by atoms with van der Waals surface area (Å²) in [6, 6.07) is 15.2. The predicted molar refractivity (Wildman–Crippen MR) is 76.0 cm³/mol. The van der Waals surface area contributed by atoms with Gasteiger partial charge in [0, 0.05) is 6.42 Å². The number of hydrogen-bond donors (Lipinski definition) is 1. The maximum atomic E-state index is 13.6. The summed E-state index contributed by atoms with van der Waals surface area (Å²) in [5.74, 6) is -0.813. The molecule has 0 bridgehead atoms. The fraction of sp³-hybridized carbons (Fsp3) is 0.188. The quantitative estimate of drug-likeness (QED) is 0.851. The number of carbonyl (C=O) groups excluding carboxylic acids is 1. The Morgan fingerprint density at radius 2 is 1.80 bits per heavy atom. The van der Waals surface area contributed by atoms with Gasteiger partial charge in [0.25, 0.3) is 0 Å². The first-order chi connectivity index (χ1) is 9.70. The zero-order valence-electron chi connectivity index (χ0n) is 11.2. The molecule has 0 heterocycles. The largest absolute Gasteiger partial charge is 0.467 e. The molecule has 1 atom stereocenters. The van der Waals surface area contributed by atoms with Crippen molar-refractivity contribution in [3.05, 3.63) is 66.0 Å². The number of anilines is 1. The van der Waals surface area contributed by atoms with Crippen molar-refractivity contribution in [3.8, 4) is 0 Å².